The molecule has 3 heterocycles. The van der Waals surface area contributed by atoms with E-state index in [1.54, 1.807) is 25.8 Å². The molecule has 0 aliphatic carbocycles. The maximum atomic E-state index is 13.1. The third-order valence-electron chi connectivity index (χ3n) is 5.48. The van der Waals surface area contributed by atoms with E-state index in [4.69, 9.17) is 0 Å². The van der Waals surface area contributed by atoms with Gasteiger partial charge in [0.25, 0.3) is 11.5 Å². The second-order valence-corrected chi connectivity index (χ2v) is 7.62. The van der Waals surface area contributed by atoms with Crippen LogP contribution in [0.1, 0.15) is 53.0 Å². The van der Waals surface area contributed by atoms with E-state index in [0.29, 0.717) is 24.3 Å². The summed E-state index contributed by atoms with van der Waals surface area (Å²) in [7, 11) is 1.55. The third-order valence-corrected chi connectivity index (χ3v) is 5.48. The highest BCUT2D eigenvalue weighted by molar-refractivity contribution is 5.95. The van der Waals surface area contributed by atoms with Crippen molar-refractivity contribution in [2.75, 3.05) is 19.7 Å². The zero-order valence-corrected chi connectivity index (χ0v) is 16.5. The smallest absolute Gasteiger partial charge is 0.279 e. The van der Waals surface area contributed by atoms with Gasteiger partial charge >= 0.3 is 0 Å². The Kier molecular flexibility index (Phi) is 5.19. The van der Waals surface area contributed by atoms with Crippen LogP contribution in [0.15, 0.2) is 17.2 Å². The fourth-order valence-electron chi connectivity index (χ4n) is 3.68. The summed E-state index contributed by atoms with van der Waals surface area (Å²) < 4.78 is 3.08. The molecule has 2 aromatic heterocycles. The summed E-state index contributed by atoms with van der Waals surface area (Å²) in [5.41, 5.74) is 2.06. The monoisotopic (exact) mass is 373 g/mol. The van der Waals surface area contributed by atoms with Crippen LogP contribution in [-0.2, 0) is 7.05 Å². The van der Waals surface area contributed by atoms with Crippen molar-refractivity contribution < 1.29 is 9.90 Å². The maximum Gasteiger partial charge on any atom is 0.279 e. The van der Waals surface area contributed by atoms with Crippen LogP contribution >= 0.6 is 0 Å². The summed E-state index contributed by atoms with van der Waals surface area (Å²) in [5.74, 6) is -0.375. The second-order valence-electron chi connectivity index (χ2n) is 7.62. The van der Waals surface area contributed by atoms with E-state index in [9.17, 15) is 14.7 Å². The van der Waals surface area contributed by atoms with Crippen LogP contribution in [0.25, 0.3) is 0 Å². The zero-order valence-electron chi connectivity index (χ0n) is 16.5. The first-order valence-corrected chi connectivity index (χ1v) is 9.23. The summed E-state index contributed by atoms with van der Waals surface area (Å²) in [4.78, 5) is 27.3. The lowest BCUT2D eigenvalue weighted by Gasteiger charge is -2.18. The molecule has 0 unspecified atom stereocenters. The van der Waals surface area contributed by atoms with Crippen LogP contribution in [0.2, 0.25) is 0 Å². The Hall–Kier alpha value is -2.48. The number of aromatic nitrogens is 4. The van der Waals surface area contributed by atoms with Crippen LogP contribution < -0.4 is 5.56 Å². The van der Waals surface area contributed by atoms with Crippen LogP contribution in [0, 0.1) is 19.8 Å². The van der Waals surface area contributed by atoms with Gasteiger partial charge in [0.15, 0.2) is 0 Å². The molecule has 1 saturated heterocycles. The van der Waals surface area contributed by atoms with Crippen molar-refractivity contribution in [3.05, 3.63) is 45.1 Å². The lowest BCUT2D eigenvalue weighted by molar-refractivity contribution is 0.0777. The van der Waals surface area contributed by atoms with Gasteiger partial charge in [-0.3, -0.25) is 14.3 Å². The molecule has 146 valence electrons. The molecule has 1 aliphatic heterocycles. The normalized spacial score (nSPS) is 19.9. The number of hydrogen-bond donors (Lipinski definition) is 1. The van der Waals surface area contributed by atoms with E-state index in [-0.39, 0.29) is 41.5 Å². The van der Waals surface area contributed by atoms with Gasteiger partial charge in [-0.15, -0.1) is 0 Å². The molecule has 0 radical (unpaired) electrons. The summed E-state index contributed by atoms with van der Waals surface area (Å²) in [6.45, 7) is 8.49. The molecule has 1 amide bonds. The van der Waals surface area contributed by atoms with E-state index in [1.165, 1.54) is 4.68 Å². The van der Waals surface area contributed by atoms with E-state index in [0.717, 1.165) is 5.56 Å². The van der Waals surface area contributed by atoms with Crippen LogP contribution in [0.4, 0.5) is 0 Å². The SMILES string of the molecule is Cc1nn(C)c(=O)c(C(=O)N2C[C@@H](CO)[C@H](c3cnn(C(C)C)c3)C2)c1C. The van der Waals surface area contributed by atoms with Crippen molar-refractivity contribution in [2.45, 2.75) is 39.7 Å². The highest BCUT2D eigenvalue weighted by Gasteiger charge is 2.38. The average Bonchev–Trinajstić information content (AvgIpc) is 3.26. The molecule has 1 aliphatic rings. The number of carbonyl (C=O) groups is 1. The fraction of sp³-hybridized carbons (Fsp3) is 0.579. The largest absolute Gasteiger partial charge is 0.396 e. The van der Waals surface area contributed by atoms with Crippen molar-refractivity contribution >= 4 is 5.91 Å². The van der Waals surface area contributed by atoms with Gasteiger partial charge in [0.1, 0.15) is 5.56 Å². The molecule has 1 N–H and O–H groups in total. The molecular formula is C19H27N5O3. The van der Waals surface area contributed by atoms with Crippen LogP contribution in [0.3, 0.4) is 0 Å². The van der Waals surface area contributed by atoms with Gasteiger partial charge in [0.2, 0.25) is 0 Å². The number of aryl methyl sites for hydroxylation is 2. The Morgan fingerprint density at radius 1 is 1.33 bits per heavy atom. The molecule has 27 heavy (non-hydrogen) atoms. The molecule has 8 heteroatoms. The van der Waals surface area contributed by atoms with Crippen molar-refractivity contribution in [3.63, 3.8) is 0 Å². The quantitative estimate of drug-likeness (QED) is 0.864. The van der Waals surface area contributed by atoms with Gasteiger partial charge in [0, 0.05) is 50.8 Å². The van der Waals surface area contributed by atoms with Crippen molar-refractivity contribution in [1.82, 2.24) is 24.5 Å². The van der Waals surface area contributed by atoms with E-state index in [1.807, 2.05) is 17.1 Å². The first-order chi connectivity index (χ1) is 12.7. The number of amides is 1. The van der Waals surface area contributed by atoms with E-state index < -0.39 is 0 Å². The number of hydrogen-bond acceptors (Lipinski definition) is 5. The first kappa shape index (κ1) is 19.3. The summed E-state index contributed by atoms with van der Waals surface area (Å²) in [6.07, 6.45) is 3.79. The van der Waals surface area contributed by atoms with Gasteiger partial charge in [-0.1, -0.05) is 0 Å². The number of aliphatic hydroxyl groups excluding tert-OH is 1. The number of nitrogens with zero attached hydrogens (tertiary/aromatic N) is 5. The zero-order chi connectivity index (χ0) is 19.9. The molecule has 8 nitrogen and oxygen atoms in total. The van der Waals surface area contributed by atoms with Gasteiger partial charge in [-0.05, 0) is 38.8 Å². The van der Waals surface area contributed by atoms with Crippen molar-refractivity contribution in [3.8, 4) is 0 Å². The molecule has 0 saturated carbocycles. The Bertz CT molecular complexity index is 915. The van der Waals surface area contributed by atoms with Gasteiger partial charge in [0.05, 0.1) is 11.9 Å². The fourth-order valence-corrected chi connectivity index (χ4v) is 3.68. The summed E-state index contributed by atoms with van der Waals surface area (Å²) in [6, 6.07) is 0.246. The Morgan fingerprint density at radius 3 is 2.63 bits per heavy atom. The van der Waals surface area contributed by atoms with Crippen LogP contribution in [-0.4, -0.2) is 55.2 Å². The number of aliphatic hydroxyl groups is 1. The Balaban J connectivity index is 1.91. The second kappa shape index (κ2) is 7.26. The number of rotatable bonds is 4. The maximum absolute atomic E-state index is 13.1. The summed E-state index contributed by atoms with van der Waals surface area (Å²) >= 11 is 0. The molecular weight excluding hydrogens is 346 g/mol. The third kappa shape index (κ3) is 3.41. The molecule has 1 fully saturated rings. The minimum Gasteiger partial charge on any atom is -0.396 e. The minimum absolute atomic E-state index is 0.00135. The first-order valence-electron chi connectivity index (χ1n) is 9.23. The van der Waals surface area contributed by atoms with Crippen molar-refractivity contribution in [2.24, 2.45) is 13.0 Å². The van der Waals surface area contributed by atoms with Gasteiger partial charge < -0.3 is 10.0 Å². The summed E-state index contributed by atoms with van der Waals surface area (Å²) in [5, 5.41) is 18.4. The molecule has 2 aromatic rings. The minimum atomic E-state index is -0.389. The lowest BCUT2D eigenvalue weighted by Crippen LogP contribution is -2.37. The Morgan fingerprint density at radius 2 is 2.04 bits per heavy atom. The standard InChI is InChI=1S/C19H27N5O3/c1-11(2)24-8-14(6-20-24)16-9-23(7-15(16)10-25)19(27)17-12(3)13(4)21-22(5)18(17)26/h6,8,11,15-16,25H,7,9-10H2,1-5H3/t15-,16-/m0/s1. The molecule has 0 aromatic carbocycles. The number of carbonyl (C=O) groups excluding carboxylic acids is 1. The molecule has 0 spiro atoms. The van der Waals surface area contributed by atoms with Gasteiger partial charge in [-0.25, -0.2) is 4.68 Å². The predicted octanol–water partition coefficient (Wildman–Crippen LogP) is 1.02. The van der Waals surface area contributed by atoms with E-state index in [2.05, 4.69) is 24.0 Å². The average molecular weight is 373 g/mol. The van der Waals surface area contributed by atoms with Gasteiger partial charge in [-0.2, -0.15) is 10.2 Å². The number of likely N-dealkylation sites (tertiary alicyclic amines) is 1. The predicted molar refractivity (Wildman–Crippen MR) is 101 cm³/mol. The van der Waals surface area contributed by atoms with Crippen molar-refractivity contribution in [1.29, 1.82) is 0 Å². The molecule has 0 bridgehead atoms. The van der Waals surface area contributed by atoms with Crippen LogP contribution in [0.5, 0.6) is 0 Å². The molecule has 3 rings (SSSR count). The molecule has 2 atom stereocenters. The Labute approximate surface area is 158 Å². The highest BCUT2D eigenvalue weighted by atomic mass is 16.3. The van der Waals surface area contributed by atoms with E-state index >= 15 is 0 Å². The highest BCUT2D eigenvalue weighted by Crippen LogP contribution is 2.33. The topological polar surface area (TPSA) is 93.2 Å². The lowest BCUT2D eigenvalue weighted by atomic mass is 9.92.